The zero-order valence-corrected chi connectivity index (χ0v) is 16.3. The summed E-state index contributed by atoms with van der Waals surface area (Å²) in [5, 5.41) is 0.0645. The standard InChI is InChI=1S/C20H16ClF4N3O2/c21-14-7-15(22)18(26-8-14)28-10-16(29)27(17(19(28)30)12-3-4-12)9-11-1-5-13(6-2-11)20(23,24)25/h1-2,5-8,12,17H,3-4,9-10H2/t17-/m0/s1. The van der Waals surface area contributed by atoms with Crippen LogP contribution in [0.1, 0.15) is 24.0 Å². The number of aromatic nitrogens is 1. The van der Waals surface area contributed by atoms with Crippen LogP contribution < -0.4 is 4.90 Å². The number of rotatable bonds is 4. The van der Waals surface area contributed by atoms with E-state index in [1.807, 2.05) is 0 Å². The predicted octanol–water partition coefficient (Wildman–Crippen LogP) is 4.05. The molecule has 1 aromatic heterocycles. The van der Waals surface area contributed by atoms with E-state index >= 15 is 0 Å². The summed E-state index contributed by atoms with van der Waals surface area (Å²) in [5.41, 5.74) is -0.319. The number of benzene rings is 1. The number of hydrogen-bond donors (Lipinski definition) is 0. The van der Waals surface area contributed by atoms with Crippen LogP contribution in [0.3, 0.4) is 0 Å². The molecule has 0 spiro atoms. The van der Waals surface area contributed by atoms with Crippen molar-refractivity contribution < 1.29 is 27.2 Å². The Kier molecular flexibility index (Phi) is 5.17. The number of nitrogens with zero attached hydrogens (tertiary/aromatic N) is 3. The van der Waals surface area contributed by atoms with E-state index in [4.69, 9.17) is 11.6 Å². The van der Waals surface area contributed by atoms with Crippen molar-refractivity contribution in [1.82, 2.24) is 9.88 Å². The van der Waals surface area contributed by atoms with Gasteiger partial charge in [0.1, 0.15) is 12.6 Å². The zero-order chi connectivity index (χ0) is 21.6. The van der Waals surface area contributed by atoms with Crippen molar-refractivity contribution in [3.05, 3.63) is 58.5 Å². The molecular formula is C20H16ClF4N3O2. The Labute approximate surface area is 174 Å². The lowest BCUT2D eigenvalue weighted by Gasteiger charge is -2.40. The monoisotopic (exact) mass is 441 g/mol. The second-order valence-corrected chi connectivity index (χ2v) is 7.82. The fourth-order valence-corrected chi connectivity index (χ4v) is 3.73. The van der Waals surface area contributed by atoms with Gasteiger partial charge in [0.15, 0.2) is 11.6 Å². The number of halogens is 5. The van der Waals surface area contributed by atoms with Crippen molar-refractivity contribution >= 4 is 29.2 Å². The molecule has 2 amide bonds. The maximum absolute atomic E-state index is 14.3. The summed E-state index contributed by atoms with van der Waals surface area (Å²) in [6, 6.07) is 4.66. The highest BCUT2D eigenvalue weighted by Crippen LogP contribution is 2.39. The molecule has 30 heavy (non-hydrogen) atoms. The Bertz CT molecular complexity index is 993. The quantitative estimate of drug-likeness (QED) is 0.673. The minimum absolute atomic E-state index is 0.00571. The molecule has 2 fully saturated rings. The molecule has 1 atom stereocenters. The molecule has 2 aliphatic rings. The molecule has 0 radical (unpaired) electrons. The molecule has 10 heteroatoms. The maximum Gasteiger partial charge on any atom is 0.416 e. The van der Waals surface area contributed by atoms with Gasteiger partial charge in [-0.25, -0.2) is 9.37 Å². The summed E-state index contributed by atoms with van der Waals surface area (Å²) in [6.07, 6.45) is -1.80. The van der Waals surface area contributed by atoms with Crippen LogP contribution >= 0.6 is 11.6 Å². The lowest BCUT2D eigenvalue weighted by molar-refractivity contribution is -0.144. The minimum Gasteiger partial charge on any atom is -0.324 e. The Balaban J connectivity index is 1.59. The first-order valence-corrected chi connectivity index (χ1v) is 9.61. The first kappa shape index (κ1) is 20.6. The van der Waals surface area contributed by atoms with Gasteiger partial charge in [-0.3, -0.25) is 14.5 Å². The van der Waals surface area contributed by atoms with E-state index in [-0.39, 0.29) is 23.3 Å². The first-order valence-electron chi connectivity index (χ1n) is 9.23. The molecule has 0 bridgehead atoms. The van der Waals surface area contributed by atoms with Gasteiger partial charge in [-0.15, -0.1) is 0 Å². The van der Waals surface area contributed by atoms with Crippen LogP contribution in [0.2, 0.25) is 5.02 Å². The van der Waals surface area contributed by atoms with E-state index in [1.54, 1.807) is 0 Å². The summed E-state index contributed by atoms with van der Waals surface area (Å²) in [6.45, 7) is -0.414. The van der Waals surface area contributed by atoms with Crippen molar-refractivity contribution in [2.45, 2.75) is 31.6 Å². The fraction of sp³-hybridized carbons (Fsp3) is 0.350. The molecule has 1 saturated carbocycles. The van der Waals surface area contributed by atoms with E-state index in [1.165, 1.54) is 23.2 Å². The smallest absolute Gasteiger partial charge is 0.324 e. The summed E-state index contributed by atoms with van der Waals surface area (Å²) < 4.78 is 52.6. The van der Waals surface area contributed by atoms with Gasteiger partial charge in [-0.2, -0.15) is 13.2 Å². The molecule has 1 aliphatic heterocycles. The van der Waals surface area contributed by atoms with E-state index in [9.17, 15) is 27.2 Å². The van der Waals surface area contributed by atoms with Crippen molar-refractivity contribution in [1.29, 1.82) is 0 Å². The average molecular weight is 442 g/mol. The van der Waals surface area contributed by atoms with Gasteiger partial charge in [0.2, 0.25) is 5.91 Å². The molecule has 0 unspecified atom stereocenters. The molecule has 2 aromatic rings. The zero-order valence-electron chi connectivity index (χ0n) is 15.5. The number of piperazine rings is 1. The van der Waals surface area contributed by atoms with Gasteiger partial charge in [0.05, 0.1) is 10.6 Å². The highest BCUT2D eigenvalue weighted by atomic mass is 35.5. The van der Waals surface area contributed by atoms with Crippen molar-refractivity contribution in [2.75, 3.05) is 11.4 Å². The minimum atomic E-state index is -4.46. The van der Waals surface area contributed by atoms with Gasteiger partial charge in [-0.1, -0.05) is 23.7 Å². The maximum atomic E-state index is 14.3. The van der Waals surface area contributed by atoms with Crippen molar-refractivity contribution in [3.8, 4) is 0 Å². The third-order valence-corrected chi connectivity index (χ3v) is 5.42. The second kappa shape index (κ2) is 7.54. The number of hydrogen-bond acceptors (Lipinski definition) is 3. The van der Waals surface area contributed by atoms with Crippen LogP contribution in [0.15, 0.2) is 36.5 Å². The largest absolute Gasteiger partial charge is 0.416 e. The summed E-state index contributed by atoms with van der Waals surface area (Å²) in [7, 11) is 0. The molecule has 2 heterocycles. The number of carbonyl (C=O) groups is 2. The van der Waals surface area contributed by atoms with Gasteiger partial charge >= 0.3 is 6.18 Å². The van der Waals surface area contributed by atoms with E-state index in [0.29, 0.717) is 5.56 Å². The van der Waals surface area contributed by atoms with Crippen LogP contribution in [0.25, 0.3) is 0 Å². The third-order valence-electron chi connectivity index (χ3n) is 5.22. The average Bonchev–Trinajstić information content (AvgIpc) is 3.50. The summed E-state index contributed by atoms with van der Waals surface area (Å²) >= 11 is 5.71. The Morgan fingerprint density at radius 2 is 1.80 bits per heavy atom. The van der Waals surface area contributed by atoms with E-state index in [0.717, 1.165) is 35.9 Å². The van der Waals surface area contributed by atoms with Crippen molar-refractivity contribution in [2.24, 2.45) is 5.92 Å². The van der Waals surface area contributed by atoms with Gasteiger partial charge in [-0.05, 0) is 42.5 Å². The van der Waals surface area contributed by atoms with E-state index in [2.05, 4.69) is 4.98 Å². The summed E-state index contributed by atoms with van der Waals surface area (Å²) in [4.78, 5) is 32.2. The summed E-state index contributed by atoms with van der Waals surface area (Å²) in [5.74, 6) is -2.04. The molecule has 4 rings (SSSR count). The SMILES string of the molecule is O=C1[C@H](C2CC2)N(Cc2ccc(C(F)(F)F)cc2)C(=O)CN1c1ncc(Cl)cc1F. The lowest BCUT2D eigenvalue weighted by Crippen LogP contribution is -2.61. The number of anilines is 1. The van der Waals surface area contributed by atoms with Crippen LogP contribution in [-0.4, -0.2) is 34.3 Å². The fourth-order valence-electron chi connectivity index (χ4n) is 3.59. The molecular weight excluding hydrogens is 426 g/mol. The van der Waals surface area contributed by atoms with Crippen LogP contribution in [0, 0.1) is 11.7 Å². The molecule has 1 saturated heterocycles. The van der Waals surface area contributed by atoms with Crippen LogP contribution in [0.4, 0.5) is 23.4 Å². The van der Waals surface area contributed by atoms with Crippen LogP contribution in [0.5, 0.6) is 0 Å². The first-order chi connectivity index (χ1) is 14.1. The van der Waals surface area contributed by atoms with Crippen LogP contribution in [-0.2, 0) is 22.3 Å². The second-order valence-electron chi connectivity index (χ2n) is 7.38. The highest BCUT2D eigenvalue weighted by molar-refractivity contribution is 6.30. The lowest BCUT2D eigenvalue weighted by atomic mass is 10.0. The number of amides is 2. The third kappa shape index (κ3) is 3.98. The normalized spacial score (nSPS) is 20.1. The molecule has 1 aliphatic carbocycles. The number of pyridine rings is 1. The molecule has 0 N–H and O–H groups in total. The van der Waals surface area contributed by atoms with Gasteiger partial charge in [0, 0.05) is 12.7 Å². The highest BCUT2D eigenvalue weighted by Gasteiger charge is 2.48. The Morgan fingerprint density at radius 3 is 2.37 bits per heavy atom. The van der Waals surface area contributed by atoms with Gasteiger partial charge in [0.25, 0.3) is 5.91 Å². The van der Waals surface area contributed by atoms with E-state index < -0.39 is 42.0 Å². The number of alkyl halides is 3. The topological polar surface area (TPSA) is 53.5 Å². The Hall–Kier alpha value is -2.68. The van der Waals surface area contributed by atoms with Gasteiger partial charge < -0.3 is 4.90 Å². The predicted molar refractivity (Wildman–Crippen MR) is 100 cm³/mol. The molecule has 158 valence electrons. The molecule has 1 aromatic carbocycles. The molecule has 5 nitrogen and oxygen atoms in total. The number of carbonyl (C=O) groups excluding carboxylic acids is 2. The Morgan fingerprint density at radius 1 is 1.13 bits per heavy atom. The van der Waals surface area contributed by atoms with Crippen molar-refractivity contribution in [3.63, 3.8) is 0 Å².